The van der Waals surface area contributed by atoms with Crippen molar-refractivity contribution in [3.8, 4) is 0 Å². The van der Waals surface area contributed by atoms with Crippen molar-refractivity contribution in [3.63, 3.8) is 0 Å². The molecular formula is C12H14N4O2. The van der Waals surface area contributed by atoms with Gasteiger partial charge in [0.2, 0.25) is 5.91 Å². The Kier molecular flexibility index (Phi) is 3.29. The molecule has 6 N–H and O–H groups in total. The monoisotopic (exact) mass is 246 g/mol. The first-order chi connectivity index (χ1) is 8.56. The van der Waals surface area contributed by atoms with Crippen molar-refractivity contribution in [2.45, 2.75) is 6.10 Å². The number of benzene rings is 1. The van der Waals surface area contributed by atoms with Crippen LogP contribution in [0, 0.1) is 0 Å². The molecule has 0 saturated heterocycles. The number of aliphatic hydroxyl groups is 1. The smallest absolute Gasteiger partial charge is 0.248 e. The molecule has 0 spiro atoms. The van der Waals surface area contributed by atoms with Crippen LogP contribution in [0.15, 0.2) is 30.3 Å². The number of nitrogens with one attached hydrogen (secondary N) is 1. The molecule has 1 atom stereocenters. The number of nitrogen functional groups attached to an aromatic ring is 1. The molecule has 1 amide bonds. The number of fused-ring (bicyclic) bond motifs is 1. The SMILES string of the molecule is NC(=O)C(O)CNc1ccc2cc(N)ccc2n1. The van der Waals surface area contributed by atoms with E-state index in [1.165, 1.54) is 0 Å². The molecule has 0 aliphatic heterocycles. The third-order valence-corrected chi connectivity index (χ3v) is 2.52. The topological polar surface area (TPSA) is 114 Å². The van der Waals surface area contributed by atoms with Crippen molar-refractivity contribution in [2.75, 3.05) is 17.6 Å². The van der Waals surface area contributed by atoms with Gasteiger partial charge in [-0.3, -0.25) is 4.79 Å². The van der Waals surface area contributed by atoms with Gasteiger partial charge >= 0.3 is 0 Å². The molecule has 94 valence electrons. The summed E-state index contributed by atoms with van der Waals surface area (Å²) in [6, 6.07) is 9.00. The molecule has 0 aliphatic rings. The van der Waals surface area contributed by atoms with Crippen LogP contribution in [-0.2, 0) is 4.79 Å². The van der Waals surface area contributed by atoms with E-state index in [4.69, 9.17) is 11.5 Å². The molecule has 1 aromatic heterocycles. The zero-order valence-corrected chi connectivity index (χ0v) is 9.63. The van der Waals surface area contributed by atoms with Gasteiger partial charge in [0, 0.05) is 11.1 Å². The summed E-state index contributed by atoms with van der Waals surface area (Å²) in [7, 11) is 0. The van der Waals surface area contributed by atoms with Crippen LogP contribution >= 0.6 is 0 Å². The van der Waals surface area contributed by atoms with Gasteiger partial charge in [-0.25, -0.2) is 4.98 Å². The summed E-state index contributed by atoms with van der Waals surface area (Å²) >= 11 is 0. The predicted molar refractivity (Wildman–Crippen MR) is 69.8 cm³/mol. The van der Waals surface area contributed by atoms with Crippen LogP contribution in [-0.4, -0.2) is 28.6 Å². The minimum atomic E-state index is -1.23. The van der Waals surface area contributed by atoms with E-state index in [-0.39, 0.29) is 6.54 Å². The third-order valence-electron chi connectivity index (χ3n) is 2.52. The van der Waals surface area contributed by atoms with E-state index in [1.807, 2.05) is 12.1 Å². The van der Waals surface area contributed by atoms with Crippen molar-refractivity contribution in [2.24, 2.45) is 5.73 Å². The number of primary amides is 1. The summed E-state index contributed by atoms with van der Waals surface area (Å²) in [5, 5.41) is 13.0. The summed E-state index contributed by atoms with van der Waals surface area (Å²) in [6.45, 7) is 0.0306. The second-order valence-corrected chi connectivity index (χ2v) is 3.95. The maximum atomic E-state index is 10.7. The van der Waals surface area contributed by atoms with Crippen molar-refractivity contribution in [1.82, 2.24) is 4.98 Å². The number of nitrogens with two attached hydrogens (primary N) is 2. The Bertz CT molecular complexity index is 585. The summed E-state index contributed by atoms with van der Waals surface area (Å²) in [5.74, 6) is -0.205. The summed E-state index contributed by atoms with van der Waals surface area (Å²) in [4.78, 5) is 15.0. The van der Waals surface area contributed by atoms with E-state index in [2.05, 4.69) is 10.3 Å². The average Bonchev–Trinajstić information content (AvgIpc) is 2.35. The Morgan fingerprint density at radius 2 is 2.17 bits per heavy atom. The number of nitrogens with zero attached hydrogens (tertiary/aromatic N) is 1. The molecule has 1 heterocycles. The van der Waals surface area contributed by atoms with Crippen LogP contribution in [0.2, 0.25) is 0 Å². The number of carbonyl (C=O) groups is 1. The van der Waals surface area contributed by atoms with Gasteiger partial charge < -0.3 is 21.9 Å². The Balaban J connectivity index is 2.15. The number of hydrogen-bond donors (Lipinski definition) is 4. The summed E-state index contributed by atoms with van der Waals surface area (Å²) in [6.07, 6.45) is -1.23. The van der Waals surface area contributed by atoms with Crippen LogP contribution in [0.25, 0.3) is 10.9 Å². The molecule has 0 radical (unpaired) electrons. The highest BCUT2D eigenvalue weighted by Gasteiger charge is 2.10. The van der Waals surface area contributed by atoms with Crippen LogP contribution in [0.3, 0.4) is 0 Å². The Labute approximate surface area is 104 Å². The fraction of sp³-hybridized carbons (Fsp3) is 0.167. The standard InChI is InChI=1S/C12H14N4O2/c13-8-2-3-9-7(5-8)1-4-11(16-9)15-6-10(17)12(14)18/h1-5,10,17H,6,13H2,(H2,14,18)(H,15,16). The van der Waals surface area contributed by atoms with Crippen LogP contribution in [0.1, 0.15) is 0 Å². The van der Waals surface area contributed by atoms with Gasteiger partial charge in [0.15, 0.2) is 0 Å². The lowest BCUT2D eigenvalue weighted by atomic mass is 10.2. The predicted octanol–water partition coefficient (Wildman–Crippen LogP) is 0.0751. The van der Waals surface area contributed by atoms with Gasteiger partial charge in [0.25, 0.3) is 0 Å². The van der Waals surface area contributed by atoms with Gasteiger partial charge in [-0.05, 0) is 30.3 Å². The molecule has 1 aromatic carbocycles. The first kappa shape index (κ1) is 12.1. The highest BCUT2D eigenvalue weighted by atomic mass is 16.3. The van der Waals surface area contributed by atoms with Crippen LogP contribution in [0.4, 0.5) is 11.5 Å². The van der Waals surface area contributed by atoms with Gasteiger partial charge in [-0.2, -0.15) is 0 Å². The maximum absolute atomic E-state index is 10.7. The maximum Gasteiger partial charge on any atom is 0.248 e. The number of aromatic nitrogens is 1. The minimum absolute atomic E-state index is 0.0306. The van der Waals surface area contributed by atoms with E-state index in [0.717, 1.165) is 10.9 Å². The summed E-state index contributed by atoms with van der Waals surface area (Å²) in [5.41, 5.74) is 12.1. The van der Waals surface area contributed by atoms with E-state index in [0.29, 0.717) is 11.5 Å². The Morgan fingerprint density at radius 1 is 1.39 bits per heavy atom. The molecule has 0 fully saturated rings. The van der Waals surface area contributed by atoms with Crippen molar-refractivity contribution >= 4 is 28.3 Å². The number of anilines is 2. The third kappa shape index (κ3) is 2.67. The second-order valence-electron chi connectivity index (χ2n) is 3.95. The lowest BCUT2D eigenvalue weighted by Gasteiger charge is -2.09. The van der Waals surface area contributed by atoms with Crippen molar-refractivity contribution < 1.29 is 9.90 Å². The van der Waals surface area contributed by atoms with Gasteiger partial charge in [-0.15, -0.1) is 0 Å². The quantitative estimate of drug-likeness (QED) is 0.570. The van der Waals surface area contributed by atoms with Gasteiger partial charge in [-0.1, -0.05) is 0 Å². The molecule has 18 heavy (non-hydrogen) atoms. The number of hydrogen-bond acceptors (Lipinski definition) is 5. The fourth-order valence-electron chi connectivity index (χ4n) is 1.54. The first-order valence-electron chi connectivity index (χ1n) is 5.44. The van der Waals surface area contributed by atoms with Crippen LogP contribution in [0.5, 0.6) is 0 Å². The molecule has 2 rings (SSSR count). The van der Waals surface area contributed by atoms with E-state index >= 15 is 0 Å². The Hall–Kier alpha value is -2.34. The molecule has 0 saturated carbocycles. The molecule has 2 aromatic rings. The Morgan fingerprint density at radius 3 is 2.89 bits per heavy atom. The highest BCUT2D eigenvalue weighted by Crippen LogP contribution is 2.17. The number of rotatable bonds is 4. The molecule has 6 heteroatoms. The zero-order valence-electron chi connectivity index (χ0n) is 9.63. The normalized spacial score (nSPS) is 12.3. The fourth-order valence-corrected chi connectivity index (χ4v) is 1.54. The number of amides is 1. The number of carbonyl (C=O) groups excluding carboxylic acids is 1. The first-order valence-corrected chi connectivity index (χ1v) is 5.44. The van der Waals surface area contributed by atoms with Crippen LogP contribution < -0.4 is 16.8 Å². The molecule has 0 bridgehead atoms. The van der Waals surface area contributed by atoms with Gasteiger partial charge in [0.1, 0.15) is 11.9 Å². The molecule has 6 nitrogen and oxygen atoms in total. The average molecular weight is 246 g/mol. The lowest BCUT2D eigenvalue weighted by Crippen LogP contribution is -2.34. The van der Waals surface area contributed by atoms with E-state index < -0.39 is 12.0 Å². The lowest BCUT2D eigenvalue weighted by molar-refractivity contribution is -0.125. The molecule has 0 aliphatic carbocycles. The highest BCUT2D eigenvalue weighted by molar-refractivity contribution is 5.83. The molecular weight excluding hydrogens is 232 g/mol. The largest absolute Gasteiger partial charge is 0.399 e. The second kappa shape index (κ2) is 4.89. The zero-order chi connectivity index (χ0) is 13.1. The molecule has 1 unspecified atom stereocenters. The summed E-state index contributed by atoms with van der Waals surface area (Å²) < 4.78 is 0. The van der Waals surface area contributed by atoms with E-state index in [1.54, 1.807) is 18.2 Å². The number of pyridine rings is 1. The van der Waals surface area contributed by atoms with Crippen molar-refractivity contribution in [1.29, 1.82) is 0 Å². The number of aliphatic hydroxyl groups excluding tert-OH is 1. The van der Waals surface area contributed by atoms with E-state index in [9.17, 15) is 9.90 Å². The van der Waals surface area contributed by atoms with Gasteiger partial charge in [0.05, 0.1) is 12.1 Å². The van der Waals surface area contributed by atoms with Crippen molar-refractivity contribution in [3.05, 3.63) is 30.3 Å². The minimum Gasteiger partial charge on any atom is -0.399 e.